The smallest absolute Gasteiger partial charge is 0.387 e. The van der Waals surface area contributed by atoms with Gasteiger partial charge in [-0.25, -0.2) is 4.39 Å². The number of halogens is 3. The van der Waals surface area contributed by atoms with E-state index in [2.05, 4.69) is 4.74 Å². The van der Waals surface area contributed by atoms with Crippen molar-refractivity contribution < 1.29 is 17.9 Å². The summed E-state index contributed by atoms with van der Waals surface area (Å²) >= 11 is 0. The molecule has 14 heavy (non-hydrogen) atoms. The molecule has 0 saturated carbocycles. The number of rotatable bonds is 3. The molecule has 0 aliphatic heterocycles. The van der Waals surface area contributed by atoms with Crippen LogP contribution in [0.3, 0.4) is 0 Å². The van der Waals surface area contributed by atoms with Crippen molar-refractivity contribution >= 4 is 0 Å². The van der Waals surface area contributed by atoms with Gasteiger partial charge in [-0.1, -0.05) is 13.8 Å². The Labute approximate surface area is 80.5 Å². The predicted octanol–water partition coefficient (Wildman–Crippen LogP) is 3.39. The van der Waals surface area contributed by atoms with Gasteiger partial charge in [0.1, 0.15) is 11.6 Å². The van der Waals surface area contributed by atoms with Crippen molar-refractivity contribution in [1.29, 1.82) is 0 Å². The first kappa shape index (κ1) is 10.9. The number of benzene rings is 1. The lowest BCUT2D eigenvalue weighted by Crippen LogP contribution is -2.03. The zero-order chi connectivity index (χ0) is 10.7. The normalized spacial score (nSPS) is 11.1. The van der Waals surface area contributed by atoms with Crippen molar-refractivity contribution in [2.75, 3.05) is 0 Å². The summed E-state index contributed by atoms with van der Waals surface area (Å²) in [6.07, 6.45) is 0. The second kappa shape index (κ2) is 4.35. The van der Waals surface area contributed by atoms with Crippen LogP contribution in [0, 0.1) is 11.7 Å². The summed E-state index contributed by atoms with van der Waals surface area (Å²) in [6.45, 7) is 0.601. The molecular formula is C10H10F3O. The fourth-order valence-electron chi connectivity index (χ4n) is 1.02. The molecule has 77 valence electrons. The fourth-order valence-corrected chi connectivity index (χ4v) is 1.02. The van der Waals surface area contributed by atoms with Crippen molar-refractivity contribution in [2.45, 2.75) is 20.5 Å². The van der Waals surface area contributed by atoms with Crippen LogP contribution in [0.1, 0.15) is 19.4 Å². The topological polar surface area (TPSA) is 9.23 Å². The van der Waals surface area contributed by atoms with E-state index < -0.39 is 12.4 Å². The molecule has 0 amide bonds. The summed E-state index contributed by atoms with van der Waals surface area (Å²) in [5, 5.41) is 0. The van der Waals surface area contributed by atoms with Crippen LogP contribution >= 0.6 is 0 Å². The molecule has 0 spiro atoms. The summed E-state index contributed by atoms with van der Waals surface area (Å²) in [7, 11) is 0. The highest BCUT2D eigenvalue weighted by Crippen LogP contribution is 2.22. The molecule has 0 atom stereocenters. The molecule has 1 nitrogen and oxygen atoms in total. The number of alkyl halides is 2. The van der Waals surface area contributed by atoms with Gasteiger partial charge < -0.3 is 4.74 Å². The van der Waals surface area contributed by atoms with E-state index in [1.807, 2.05) is 0 Å². The van der Waals surface area contributed by atoms with Gasteiger partial charge in [-0.3, -0.25) is 0 Å². The molecule has 0 aromatic heterocycles. The molecule has 1 aromatic rings. The Balaban J connectivity index is 2.95. The molecule has 0 aliphatic rings. The van der Waals surface area contributed by atoms with Gasteiger partial charge in [0, 0.05) is 6.07 Å². The molecule has 4 heteroatoms. The second-order valence-corrected chi connectivity index (χ2v) is 3.05. The minimum atomic E-state index is -2.93. The molecule has 0 heterocycles. The van der Waals surface area contributed by atoms with Crippen LogP contribution in [0.25, 0.3) is 0 Å². The van der Waals surface area contributed by atoms with Crippen molar-refractivity contribution in [2.24, 2.45) is 0 Å². The van der Waals surface area contributed by atoms with Gasteiger partial charge in [0.05, 0.1) is 0 Å². The van der Waals surface area contributed by atoms with Crippen LogP contribution in [0.4, 0.5) is 13.2 Å². The van der Waals surface area contributed by atoms with Gasteiger partial charge in [0.2, 0.25) is 0 Å². The number of hydrogen-bond acceptors (Lipinski definition) is 1. The van der Waals surface area contributed by atoms with E-state index in [1.54, 1.807) is 13.8 Å². The average Bonchev–Trinajstić information content (AvgIpc) is 2.01. The number of ether oxygens (including phenoxy) is 1. The van der Waals surface area contributed by atoms with Crippen LogP contribution in [0.15, 0.2) is 18.2 Å². The van der Waals surface area contributed by atoms with Crippen molar-refractivity contribution in [3.05, 3.63) is 35.5 Å². The molecular weight excluding hydrogens is 193 g/mol. The largest absolute Gasteiger partial charge is 0.435 e. The van der Waals surface area contributed by atoms with Crippen molar-refractivity contribution in [1.82, 2.24) is 0 Å². The molecule has 0 aliphatic carbocycles. The van der Waals surface area contributed by atoms with Gasteiger partial charge in [-0.2, -0.15) is 8.78 Å². The lowest BCUT2D eigenvalue weighted by atomic mass is 10.0. The molecule has 1 rings (SSSR count). The summed E-state index contributed by atoms with van der Waals surface area (Å²) in [5.74, 6) is 0.0965. The first-order valence-corrected chi connectivity index (χ1v) is 4.05. The summed E-state index contributed by atoms with van der Waals surface area (Å²) in [4.78, 5) is 0. The second-order valence-electron chi connectivity index (χ2n) is 3.05. The monoisotopic (exact) mass is 203 g/mol. The zero-order valence-electron chi connectivity index (χ0n) is 7.85. The predicted molar refractivity (Wildman–Crippen MR) is 46.7 cm³/mol. The minimum absolute atomic E-state index is 0.156. The first-order valence-electron chi connectivity index (χ1n) is 4.05. The van der Waals surface area contributed by atoms with E-state index in [4.69, 9.17) is 0 Å². The summed E-state index contributed by atoms with van der Waals surface area (Å²) < 4.78 is 40.7. The third kappa shape index (κ3) is 2.94. The molecule has 1 aromatic carbocycles. The van der Waals surface area contributed by atoms with Gasteiger partial charge >= 0.3 is 6.61 Å². The maximum absolute atomic E-state index is 12.9. The van der Waals surface area contributed by atoms with Crippen LogP contribution in [0.5, 0.6) is 5.75 Å². The molecule has 0 bridgehead atoms. The average molecular weight is 203 g/mol. The third-order valence-electron chi connectivity index (χ3n) is 1.67. The summed E-state index contributed by atoms with van der Waals surface area (Å²) in [6, 6.07) is 3.58. The maximum Gasteiger partial charge on any atom is 0.387 e. The van der Waals surface area contributed by atoms with Gasteiger partial charge in [-0.05, 0) is 23.6 Å². The van der Waals surface area contributed by atoms with Gasteiger partial charge in [0.25, 0.3) is 0 Å². The Morgan fingerprint density at radius 2 is 1.86 bits per heavy atom. The zero-order valence-corrected chi connectivity index (χ0v) is 7.85. The van der Waals surface area contributed by atoms with Crippen LogP contribution in [-0.4, -0.2) is 6.61 Å². The third-order valence-corrected chi connectivity index (χ3v) is 1.67. The molecule has 0 saturated heterocycles. The Morgan fingerprint density at radius 3 is 2.36 bits per heavy atom. The fraction of sp³-hybridized carbons (Fsp3) is 0.300. The van der Waals surface area contributed by atoms with E-state index in [1.165, 1.54) is 12.1 Å². The van der Waals surface area contributed by atoms with Gasteiger partial charge in [0.15, 0.2) is 0 Å². The number of hydrogen-bond donors (Lipinski definition) is 0. The lowest BCUT2D eigenvalue weighted by Gasteiger charge is -2.09. The minimum Gasteiger partial charge on any atom is -0.435 e. The molecule has 1 radical (unpaired) electrons. The van der Waals surface area contributed by atoms with E-state index in [0.29, 0.717) is 5.56 Å². The standard InChI is InChI=1S/C10H10F3O/c1-6(2)7-3-8(11)5-9(4-7)14-10(12)13/h3-5,10H,1-2H3. The SMILES string of the molecule is C[C](C)c1cc(F)cc(OC(F)F)c1. The highest BCUT2D eigenvalue weighted by molar-refractivity contribution is 5.36. The van der Waals surface area contributed by atoms with E-state index >= 15 is 0 Å². The maximum atomic E-state index is 12.9. The van der Waals surface area contributed by atoms with Crippen LogP contribution in [-0.2, 0) is 0 Å². The van der Waals surface area contributed by atoms with E-state index in [9.17, 15) is 13.2 Å². The quantitative estimate of drug-likeness (QED) is 0.731. The highest BCUT2D eigenvalue weighted by Gasteiger charge is 2.09. The van der Waals surface area contributed by atoms with Crippen LogP contribution < -0.4 is 4.74 Å². The van der Waals surface area contributed by atoms with E-state index in [-0.39, 0.29) is 5.75 Å². The Kier molecular flexibility index (Phi) is 3.38. The Morgan fingerprint density at radius 1 is 1.21 bits per heavy atom. The Hall–Kier alpha value is -1.19. The van der Waals surface area contributed by atoms with Crippen LogP contribution in [0.2, 0.25) is 0 Å². The van der Waals surface area contributed by atoms with Crippen molar-refractivity contribution in [3.8, 4) is 5.75 Å². The Bertz CT molecular complexity index is 310. The first-order chi connectivity index (χ1) is 6.49. The van der Waals surface area contributed by atoms with Crippen molar-refractivity contribution in [3.63, 3.8) is 0 Å². The summed E-state index contributed by atoms with van der Waals surface area (Å²) in [5.41, 5.74) is 0.556. The molecule has 0 fully saturated rings. The lowest BCUT2D eigenvalue weighted by molar-refractivity contribution is -0.0500. The van der Waals surface area contributed by atoms with E-state index in [0.717, 1.165) is 12.0 Å². The van der Waals surface area contributed by atoms with Gasteiger partial charge in [-0.15, -0.1) is 0 Å². The highest BCUT2D eigenvalue weighted by atomic mass is 19.3. The molecule has 0 N–H and O–H groups in total. The molecule has 0 unspecified atom stereocenters.